The number of nitrogens with zero attached hydrogens (tertiary/aromatic N) is 1. The van der Waals surface area contributed by atoms with Crippen LogP contribution < -0.4 is 5.32 Å². The summed E-state index contributed by atoms with van der Waals surface area (Å²) in [6.45, 7) is 2.68. The highest BCUT2D eigenvalue weighted by Crippen LogP contribution is 2.20. The smallest absolute Gasteiger partial charge is 0.118 e. The van der Waals surface area contributed by atoms with Gasteiger partial charge in [0.15, 0.2) is 0 Å². The maximum absolute atomic E-state index is 9.41. The van der Waals surface area contributed by atoms with Crippen molar-refractivity contribution in [3.8, 4) is 5.75 Å². The monoisotopic (exact) mass is 216 g/mol. The van der Waals surface area contributed by atoms with Crippen molar-refractivity contribution in [2.75, 3.05) is 5.32 Å². The Morgan fingerprint density at radius 3 is 2.75 bits per heavy atom. The minimum Gasteiger partial charge on any atom is -0.508 e. The zero-order valence-electron chi connectivity index (χ0n) is 9.57. The average Bonchev–Trinajstić information content (AvgIpc) is 2.66. The maximum atomic E-state index is 9.41. The second kappa shape index (κ2) is 4.31. The summed E-state index contributed by atoms with van der Waals surface area (Å²) < 4.78 is 2.08. The molecule has 3 heteroatoms. The number of aromatic nitrogens is 1. The maximum Gasteiger partial charge on any atom is 0.118 e. The zero-order chi connectivity index (χ0) is 11.5. The van der Waals surface area contributed by atoms with Gasteiger partial charge in [-0.1, -0.05) is 0 Å². The van der Waals surface area contributed by atoms with Gasteiger partial charge in [0.05, 0.1) is 6.54 Å². The molecule has 1 heterocycles. The molecule has 1 aromatic carbocycles. The molecule has 0 aliphatic rings. The van der Waals surface area contributed by atoms with Crippen molar-refractivity contribution < 1.29 is 5.11 Å². The van der Waals surface area contributed by atoms with Gasteiger partial charge < -0.3 is 15.0 Å². The first kappa shape index (κ1) is 10.6. The van der Waals surface area contributed by atoms with Gasteiger partial charge in [-0.05, 0) is 42.8 Å². The average molecular weight is 216 g/mol. The molecule has 0 atom stereocenters. The van der Waals surface area contributed by atoms with Gasteiger partial charge in [-0.2, -0.15) is 0 Å². The van der Waals surface area contributed by atoms with E-state index in [2.05, 4.69) is 16.0 Å². The summed E-state index contributed by atoms with van der Waals surface area (Å²) >= 11 is 0. The van der Waals surface area contributed by atoms with E-state index in [0.29, 0.717) is 5.75 Å². The van der Waals surface area contributed by atoms with Crippen molar-refractivity contribution in [2.24, 2.45) is 7.05 Å². The van der Waals surface area contributed by atoms with Crippen LogP contribution in [0.4, 0.5) is 5.69 Å². The van der Waals surface area contributed by atoms with Crippen molar-refractivity contribution in [2.45, 2.75) is 13.5 Å². The Hall–Kier alpha value is -1.90. The van der Waals surface area contributed by atoms with Crippen molar-refractivity contribution in [3.05, 3.63) is 47.8 Å². The van der Waals surface area contributed by atoms with Crippen LogP contribution in [0.15, 0.2) is 36.5 Å². The molecular weight excluding hydrogens is 200 g/mol. The predicted molar refractivity (Wildman–Crippen MR) is 65.6 cm³/mol. The highest BCUT2D eigenvalue weighted by Gasteiger charge is 1.99. The molecule has 0 radical (unpaired) electrons. The molecule has 0 saturated heterocycles. The largest absolute Gasteiger partial charge is 0.508 e. The Balaban J connectivity index is 2.05. The van der Waals surface area contributed by atoms with Crippen LogP contribution in [0, 0.1) is 6.92 Å². The molecule has 2 aromatic rings. The summed E-state index contributed by atoms with van der Waals surface area (Å²) in [6.07, 6.45) is 2.03. The molecule has 3 nitrogen and oxygen atoms in total. The molecule has 0 unspecified atom stereocenters. The predicted octanol–water partition coefficient (Wildman–Crippen LogP) is 2.65. The fraction of sp³-hybridized carbons (Fsp3) is 0.231. The molecule has 0 aliphatic carbocycles. The Kier molecular flexibility index (Phi) is 2.86. The van der Waals surface area contributed by atoms with Crippen molar-refractivity contribution >= 4 is 5.69 Å². The third-order valence-electron chi connectivity index (χ3n) is 2.72. The third-order valence-corrected chi connectivity index (χ3v) is 2.72. The summed E-state index contributed by atoms with van der Waals surface area (Å²) in [5, 5.41) is 12.7. The topological polar surface area (TPSA) is 37.2 Å². The van der Waals surface area contributed by atoms with Crippen LogP contribution in [0.2, 0.25) is 0 Å². The number of hydrogen-bond acceptors (Lipinski definition) is 2. The van der Waals surface area contributed by atoms with E-state index in [4.69, 9.17) is 0 Å². The van der Waals surface area contributed by atoms with Gasteiger partial charge in [0.1, 0.15) is 5.75 Å². The summed E-state index contributed by atoms with van der Waals surface area (Å²) in [5.74, 6) is 0.337. The normalized spacial score (nSPS) is 10.4. The third kappa shape index (κ3) is 2.19. The van der Waals surface area contributed by atoms with Gasteiger partial charge in [-0.15, -0.1) is 0 Å². The van der Waals surface area contributed by atoms with Gasteiger partial charge in [0, 0.05) is 24.6 Å². The number of anilines is 1. The quantitative estimate of drug-likeness (QED) is 0.774. The molecule has 0 aliphatic heterocycles. The Labute approximate surface area is 95.3 Å². The van der Waals surface area contributed by atoms with Crippen molar-refractivity contribution in [1.29, 1.82) is 0 Å². The number of aryl methyl sites for hydroxylation is 2. The molecule has 84 valence electrons. The number of hydrogen-bond donors (Lipinski definition) is 2. The van der Waals surface area contributed by atoms with Crippen LogP contribution in [-0.2, 0) is 13.6 Å². The zero-order valence-corrected chi connectivity index (χ0v) is 9.57. The van der Waals surface area contributed by atoms with Gasteiger partial charge in [-0.3, -0.25) is 0 Å². The van der Waals surface area contributed by atoms with Crippen LogP contribution in [0.1, 0.15) is 11.3 Å². The lowest BCUT2D eigenvalue weighted by atomic mass is 10.2. The number of phenolic OH excluding ortho intramolecular Hbond substituents is 1. The number of aromatic hydroxyl groups is 1. The number of phenols is 1. The second-order valence-corrected chi connectivity index (χ2v) is 3.97. The lowest BCUT2D eigenvalue weighted by molar-refractivity contribution is 0.471. The van der Waals surface area contributed by atoms with Crippen molar-refractivity contribution in [3.63, 3.8) is 0 Å². The van der Waals surface area contributed by atoms with Gasteiger partial charge in [0.25, 0.3) is 0 Å². The molecular formula is C13H16N2O. The first-order valence-electron chi connectivity index (χ1n) is 5.30. The van der Waals surface area contributed by atoms with Crippen LogP contribution in [-0.4, -0.2) is 9.67 Å². The van der Waals surface area contributed by atoms with Gasteiger partial charge in [0.2, 0.25) is 0 Å². The van der Waals surface area contributed by atoms with E-state index < -0.39 is 0 Å². The van der Waals surface area contributed by atoms with E-state index in [1.165, 1.54) is 5.69 Å². The highest BCUT2D eigenvalue weighted by molar-refractivity contribution is 5.50. The summed E-state index contributed by atoms with van der Waals surface area (Å²) in [7, 11) is 2.03. The summed E-state index contributed by atoms with van der Waals surface area (Å²) in [5.41, 5.74) is 3.14. The Morgan fingerprint density at radius 1 is 1.31 bits per heavy atom. The molecule has 2 N–H and O–H groups in total. The van der Waals surface area contributed by atoms with Crippen LogP contribution in [0.3, 0.4) is 0 Å². The van der Waals surface area contributed by atoms with E-state index in [-0.39, 0.29) is 0 Å². The van der Waals surface area contributed by atoms with E-state index in [0.717, 1.165) is 17.8 Å². The van der Waals surface area contributed by atoms with E-state index in [9.17, 15) is 5.11 Å². The van der Waals surface area contributed by atoms with E-state index >= 15 is 0 Å². The van der Waals surface area contributed by atoms with Crippen LogP contribution >= 0.6 is 0 Å². The Morgan fingerprint density at radius 2 is 2.12 bits per heavy atom. The minimum atomic E-state index is 0.337. The minimum absolute atomic E-state index is 0.337. The summed E-state index contributed by atoms with van der Waals surface area (Å²) in [4.78, 5) is 0. The molecule has 0 saturated carbocycles. The number of nitrogens with one attached hydrogen (secondary N) is 1. The molecule has 0 bridgehead atoms. The molecule has 1 aromatic heterocycles. The van der Waals surface area contributed by atoms with Crippen molar-refractivity contribution in [1.82, 2.24) is 4.57 Å². The lowest BCUT2D eigenvalue weighted by Gasteiger charge is -2.08. The van der Waals surface area contributed by atoms with Crippen LogP contribution in [0.5, 0.6) is 5.75 Å². The van der Waals surface area contributed by atoms with Gasteiger partial charge in [-0.25, -0.2) is 0 Å². The number of benzene rings is 1. The fourth-order valence-corrected chi connectivity index (χ4v) is 1.64. The summed E-state index contributed by atoms with van der Waals surface area (Å²) in [6, 6.07) is 9.64. The van der Waals surface area contributed by atoms with Gasteiger partial charge >= 0.3 is 0 Å². The SMILES string of the molecule is Cc1cc(NCc2cccn2C)ccc1O. The molecule has 16 heavy (non-hydrogen) atoms. The van der Waals surface area contributed by atoms with Crippen LogP contribution in [0.25, 0.3) is 0 Å². The second-order valence-electron chi connectivity index (χ2n) is 3.97. The standard InChI is InChI=1S/C13H16N2O/c1-10-8-11(5-6-13(10)16)14-9-12-4-3-7-15(12)2/h3-8,14,16H,9H2,1-2H3. The lowest BCUT2D eigenvalue weighted by Crippen LogP contribution is -2.03. The molecule has 0 fully saturated rings. The molecule has 0 amide bonds. The van der Waals surface area contributed by atoms with E-state index in [1.54, 1.807) is 6.07 Å². The first-order valence-corrected chi connectivity index (χ1v) is 5.30. The fourth-order valence-electron chi connectivity index (χ4n) is 1.64. The molecule has 0 spiro atoms. The Bertz CT molecular complexity index is 488. The number of rotatable bonds is 3. The first-order chi connectivity index (χ1) is 7.66. The molecule has 2 rings (SSSR count). The highest BCUT2D eigenvalue weighted by atomic mass is 16.3. The van der Waals surface area contributed by atoms with E-state index in [1.807, 2.05) is 38.4 Å².